The third-order valence-electron chi connectivity index (χ3n) is 7.36. The first-order chi connectivity index (χ1) is 19.2. The number of ether oxygens (including phenoxy) is 1. The number of halogens is 1. The van der Waals surface area contributed by atoms with Gasteiger partial charge in [-0.25, -0.2) is 4.39 Å². The van der Waals surface area contributed by atoms with E-state index in [1.54, 1.807) is 12.1 Å². The summed E-state index contributed by atoms with van der Waals surface area (Å²) in [5.74, 6) is -1.21. The molecular formula is C33H33FN2O4. The number of benzene rings is 3. The van der Waals surface area contributed by atoms with E-state index < -0.39 is 24.2 Å². The van der Waals surface area contributed by atoms with Crippen molar-refractivity contribution in [2.75, 3.05) is 5.32 Å². The molecule has 1 aliphatic rings. The molecule has 1 aromatic heterocycles. The van der Waals surface area contributed by atoms with E-state index >= 15 is 0 Å². The van der Waals surface area contributed by atoms with Gasteiger partial charge < -0.3 is 19.7 Å². The Hall–Kier alpha value is -4.23. The van der Waals surface area contributed by atoms with Crippen molar-refractivity contribution in [1.29, 1.82) is 0 Å². The summed E-state index contributed by atoms with van der Waals surface area (Å²) in [5.41, 5.74) is 4.89. The number of hydrogen-bond acceptors (Lipinski definition) is 4. The van der Waals surface area contributed by atoms with Crippen molar-refractivity contribution in [1.82, 2.24) is 4.57 Å². The number of amides is 1. The van der Waals surface area contributed by atoms with Crippen LogP contribution in [0.15, 0.2) is 84.9 Å². The van der Waals surface area contributed by atoms with Crippen molar-refractivity contribution in [3.63, 3.8) is 0 Å². The third kappa shape index (κ3) is 5.42. The van der Waals surface area contributed by atoms with Crippen LogP contribution in [-0.4, -0.2) is 33.8 Å². The van der Waals surface area contributed by atoms with Gasteiger partial charge in [0.1, 0.15) is 11.9 Å². The maximum Gasteiger partial charge on any atom is 0.308 e. The van der Waals surface area contributed by atoms with E-state index in [1.165, 1.54) is 12.1 Å². The highest BCUT2D eigenvalue weighted by molar-refractivity contribution is 6.12. The van der Waals surface area contributed by atoms with Crippen molar-refractivity contribution in [3.05, 3.63) is 102 Å². The van der Waals surface area contributed by atoms with Crippen LogP contribution in [0.3, 0.4) is 0 Å². The number of para-hydroxylation sites is 1. The summed E-state index contributed by atoms with van der Waals surface area (Å²) in [6.07, 6.45) is -1.20. The molecule has 2 N–H and O–H groups in total. The fourth-order valence-corrected chi connectivity index (χ4v) is 5.59. The molecular weight excluding hydrogens is 507 g/mol. The highest BCUT2D eigenvalue weighted by atomic mass is 19.1. The van der Waals surface area contributed by atoms with Gasteiger partial charge in [-0.15, -0.1) is 0 Å². The van der Waals surface area contributed by atoms with Crippen molar-refractivity contribution in [2.45, 2.75) is 57.8 Å². The molecule has 1 fully saturated rings. The monoisotopic (exact) mass is 540 g/mol. The number of aliphatic hydroxyl groups is 1. The lowest BCUT2D eigenvalue weighted by Crippen LogP contribution is -2.38. The zero-order valence-corrected chi connectivity index (χ0v) is 22.8. The van der Waals surface area contributed by atoms with Crippen molar-refractivity contribution in [2.24, 2.45) is 0 Å². The largest absolute Gasteiger partial charge is 0.460 e. The molecule has 0 saturated carbocycles. The fourth-order valence-electron chi connectivity index (χ4n) is 5.59. The normalized spacial score (nSPS) is 17.9. The number of cyclic esters (lactones) is 1. The summed E-state index contributed by atoms with van der Waals surface area (Å²) >= 11 is 0. The van der Waals surface area contributed by atoms with Gasteiger partial charge in [0.2, 0.25) is 0 Å². The minimum absolute atomic E-state index is 0.0449. The highest BCUT2D eigenvalue weighted by Crippen LogP contribution is 2.45. The van der Waals surface area contributed by atoms with Gasteiger partial charge in [-0.05, 0) is 60.4 Å². The number of hydrogen-bond donors (Lipinski definition) is 2. The van der Waals surface area contributed by atoms with E-state index in [-0.39, 0.29) is 30.5 Å². The Morgan fingerprint density at radius 2 is 1.57 bits per heavy atom. The summed E-state index contributed by atoms with van der Waals surface area (Å²) in [7, 11) is 0. The Morgan fingerprint density at radius 1 is 0.950 bits per heavy atom. The Kier molecular flexibility index (Phi) is 7.85. The van der Waals surface area contributed by atoms with Gasteiger partial charge in [0.25, 0.3) is 5.91 Å². The maximum absolute atomic E-state index is 14.2. The Labute approximate surface area is 233 Å². The van der Waals surface area contributed by atoms with Crippen LogP contribution in [0.4, 0.5) is 10.1 Å². The number of nitrogens with zero attached hydrogens (tertiary/aromatic N) is 1. The summed E-state index contributed by atoms with van der Waals surface area (Å²) < 4.78 is 21.9. The lowest BCUT2D eigenvalue weighted by Gasteiger charge is -2.33. The molecule has 0 aliphatic carbocycles. The number of nitrogens with one attached hydrogen (secondary N) is 1. The van der Waals surface area contributed by atoms with E-state index in [0.717, 1.165) is 22.5 Å². The predicted molar refractivity (Wildman–Crippen MR) is 154 cm³/mol. The molecule has 4 aromatic rings. The molecule has 206 valence electrons. The summed E-state index contributed by atoms with van der Waals surface area (Å²) in [5, 5.41) is 13.5. The number of aromatic nitrogens is 1. The molecule has 40 heavy (non-hydrogen) atoms. The van der Waals surface area contributed by atoms with E-state index in [4.69, 9.17) is 4.74 Å². The number of anilines is 1. The molecule has 3 aromatic carbocycles. The molecule has 7 heteroatoms. The van der Waals surface area contributed by atoms with E-state index in [1.807, 2.05) is 81.4 Å². The molecule has 1 saturated heterocycles. The third-order valence-corrected chi connectivity index (χ3v) is 7.36. The van der Waals surface area contributed by atoms with Gasteiger partial charge in [0, 0.05) is 23.4 Å². The first kappa shape index (κ1) is 27.3. The van der Waals surface area contributed by atoms with Crippen LogP contribution >= 0.6 is 0 Å². The number of carbonyl (C=O) groups excluding carboxylic acids is 2. The minimum Gasteiger partial charge on any atom is -0.460 e. The van der Waals surface area contributed by atoms with Gasteiger partial charge in [-0.3, -0.25) is 9.59 Å². The van der Waals surface area contributed by atoms with Gasteiger partial charge >= 0.3 is 5.97 Å². The second kappa shape index (κ2) is 11.5. The first-order valence-electron chi connectivity index (χ1n) is 13.6. The zero-order chi connectivity index (χ0) is 28.4. The van der Waals surface area contributed by atoms with Gasteiger partial charge in [-0.1, -0.05) is 62.4 Å². The van der Waals surface area contributed by atoms with Crippen LogP contribution in [0.5, 0.6) is 0 Å². The number of esters is 1. The van der Waals surface area contributed by atoms with Crippen LogP contribution in [-0.2, 0) is 9.53 Å². The van der Waals surface area contributed by atoms with Crippen LogP contribution in [0.25, 0.3) is 22.4 Å². The van der Waals surface area contributed by atoms with E-state index in [2.05, 4.69) is 9.88 Å². The average Bonchev–Trinajstić information content (AvgIpc) is 3.30. The van der Waals surface area contributed by atoms with Crippen molar-refractivity contribution < 1.29 is 23.8 Å². The average molecular weight is 541 g/mol. The molecule has 0 bridgehead atoms. The van der Waals surface area contributed by atoms with Crippen LogP contribution in [0.2, 0.25) is 0 Å². The first-order valence-corrected chi connectivity index (χ1v) is 13.6. The molecule has 3 atom stereocenters. The fraction of sp³-hybridized carbons (Fsp3) is 0.273. The summed E-state index contributed by atoms with van der Waals surface area (Å²) in [6.45, 7) is 5.97. The molecule has 5 rings (SSSR count). The molecule has 3 unspecified atom stereocenters. The second-order valence-corrected chi connectivity index (χ2v) is 10.6. The molecule has 0 spiro atoms. The number of carbonyl (C=O) groups is 2. The summed E-state index contributed by atoms with van der Waals surface area (Å²) in [4.78, 5) is 26.5. The minimum atomic E-state index is -0.810. The number of aliphatic hydroxyl groups excluding tert-OH is 1. The maximum atomic E-state index is 14.2. The zero-order valence-electron chi connectivity index (χ0n) is 22.8. The predicted octanol–water partition coefficient (Wildman–Crippen LogP) is 6.96. The van der Waals surface area contributed by atoms with Crippen LogP contribution < -0.4 is 5.32 Å². The lowest BCUT2D eigenvalue weighted by atomic mass is 9.94. The molecule has 1 aliphatic heterocycles. The quantitative estimate of drug-likeness (QED) is 0.248. The number of rotatable bonds is 7. The van der Waals surface area contributed by atoms with Gasteiger partial charge in [0.05, 0.1) is 29.8 Å². The highest BCUT2D eigenvalue weighted by Gasteiger charge is 2.38. The second-order valence-electron chi connectivity index (χ2n) is 10.6. The summed E-state index contributed by atoms with van der Waals surface area (Å²) in [6, 6.07) is 24.7. The van der Waals surface area contributed by atoms with Gasteiger partial charge in [-0.2, -0.15) is 0 Å². The van der Waals surface area contributed by atoms with Crippen molar-refractivity contribution in [3.8, 4) is 22.4 Å². The lowest BCUT2D eigenvalue weighted by molar-refractivity contribution is -0.162. The smallest absolute Gasteiger partial charge is 0.308 e. The van der Waals surface area contributed by atoms with Crippen LogP contribution in [0, 0.1) is 5.82 Å². The van der Waals surface area contributed by atoms with E-state index in [9.17, 15) is 19.1 Å². The van der Waals surface area contributed by atoms with Gasteiger partial charge in [0.15, 0.2) is 0 Å². The molecule has 2 heterocycles. The van der Waals surface area contributed by atoms with Crippen molar-refractivity contribution >= 4 is 17.6 Å². The topological polar surface area (TPSA) is 80.6 Å². The SMILES string of the molecule is CC(C)c1c(C(=O)Nc2ccccc2)c(-c2ccccc2)c(-c2ccc(F)cc2)n1C(C)C1CC(O)CC(=O)O1. The van der Waals surface area contributed by atoms with Crippen LogP contribution in [0.1, 0.15) is 61.6 Å². The standard InChI is InChI=1S/C33H33FN2O4/c1-20(2)31-30(33(39)35-25-12-8-5-9-13-25)29(22-10-6-4-7-11-22)32(23-14-16-24(34)17-15-23)36(31)21(3)27-18-26(37)19-28(38)40-27/h4-17,20-21,26-27,37H,18-19H2,1-3H3,(H,35,39). The molecule has 0 radical (unpaired) electrons. The molecule has 1 amide bonds. The van der Waals surface area contributed by atoms with E-state index in [0.29, 0.717) is 16.8 Å². The Morgan fingerprint density at radius 3 is 2.17 bits per heavy atom. The Balaban J connectivity index is 1.82. The Bertz CT molecular complexity index is 1500. The molecule has 6 nitrogen and oxygen atoms in total.